The standard InChI is InChI=1S/C22H25BrN4O2S/c1-4-16-8-6-7-9-19(16)24-20(28)14-30-22-26-25-21(27(22)5-2)15(3)29-18-12-10-17(23)11-13-18/h6-13,15H,4-5,14H2,1-3H3,(H,24,28). The smallest absolute Gasteiger partial charge is 0.234 e. The first-order valence-electron chi connectivity index (χ1n) is 9.87. The number of nitrogens with one attached hydrogen (secondary N) is 1. The molecule has 6 nitrogen and oxygen atoms in total. The van der Waals surface area contributed by atoms with Gasteiger partial charge in [-0.15, -0.1) is 10.2 Å². The minimum absolute atomic E-state index is 0.0627. The molecule has 0 radical (unpaired) electrons. The molecule has 1 aromatic heterocycles. The third-order valence-corrected chi connectivity index (χ3v) is 6.05. The number of aromatic nitrogens is 3. The van der Waals surface area contributed by atoms with E-state index in [2.05, 4.69) is 38.4 Å². The molecule has 1 amide bonds. The van der Waals surface area contributed by atoms with Crippen molar-refractivity contribution >= 4 is 39.3 Å². The average Bonchev–Trinajstić information content (AvgIpc) is 3.17. The molecule has 0 aliphatic carbocycles. The zero-order valence-corrected chi connectivity index (χ0v) is 19.7. The van der Waals surface area contributed by atoms with Gasteiger partial charge in [0.2, 0.25) is 5.91 Å². The predicted octanol–water partition coefficient (Wildman–Crippen LogP) is 5.49. The number of carbonyl (C=O) groups excluding carboxylic acids is 1. The number of amides is 1. The van der Waals surface area contributed by atoms with Crippen molar-refractivity contribution in [3.63, 3.8) is 0 Å². The summed E-state index contributed by atoms with van der Waals surface area (Å²) in [6, 6.07) is 15.5. The van der Waals surface area contributed by atoms with Gasteiger partial charge >= 0.3 is 0 Å². The van der Waals surface area contributed by atoms with Crippen LogP contribution in [-0.2, 0) is 17.8 Å². The second-order valence-electron chi connectivity index (χ2n) is 6.65. The maximum atomic E-state index is 12.4. The molecule has 0 saturated carbocycles. The van der Waals surface area contributed by atoms with Crippen molar-refractivity contribution in [3.05, 3.63) is 64.4 Å². The van der Waals surface area contributed by atoms with Crippen molar-refractivity contribution in [2.75, 3.05) is 11.1 Å². The number of thioether (sulfide) groups is 1. The predicted molar refractivity (Wildman–Crippen MR) is 124 cm³/mol. The summed E-state index contributed by atoms with van der Waals surface area (Å²) in [5, 5.41) is 12.3. The van der Waals surface area contributed by atoms with Gasteiger partial charge in [0.1, 0.15) is 5.75 Å². The molecular weight excluding hydrogens is 464 g/mol. The number of hydrogen-bond acceptors (Lipinski definition) is 5. The fourth-order valence-electron chi connectivity index (χ4n) is 3.04. The van der Waals surface area contributed by atoms with Gasteiger partial charge in [0, 0.05) is 16.7 Å². The van der Waals surface area contributed by atoms with Crippen LogP contribution in [-0.4, -0.2) is 26.4 Å². The molecular formula is C22H25BrN4O2S. The van der Waals surface area contributed by atoms with Crippen molar-refractivity contribution < 1.29 is 9.53 Å². The van der Waals surface area contributed by atoms with Crippen LogP contribution in [0.1, 0.15) is 38.3 Å². The normalized spacial score (nSPS) is 11.9. The van der Waals surface area contributed by atoms with E-state index >= 15 is 0 Å². The number of nitrogens with zero attached hydrogens (tertiary/aromatic N) is 3. The number of hydrogen-bond donors (Lipinski definition) is 1. The van der Waals surface area contributed by atoms with Gasteiger partial charge in [0.05, 0.1) is 5.75 Å². The van der Waals surface area contributed by atoms with E-state index in [0.717, 1.165) is 33.7 Å². The summed E-state index contributed by atoms with van der Waals surface area (Å²) in [7, 11) is 0. The summed E-state index contributed by atoms with van der Waals surface area (Å²) in [5.41, 5.74) is 1.98. The van der Waals surface area contributed by atoms with Crippen LogP contribution >= 0.6 is 27.7 Å². The molecule has 1 unspecified atom stereocenters. The number of benzene rings is 2. The Hall–Kier alpha value is -2.32. The summed E-state index contributed by atoms with van der Waals surface area (Å²) in [6.45, 7) is 6.74. The molecule has 0 aliphatic rings. The summed E-state index contributed by atoms with van der Waals surface area (Å²) < 4.78 is 8.99. The van der Waals surface area contributed by atoms with Crippen LogP contribution in [0.4, 0.5) is 5.69 Å². The first-order valence-corrected chi connectivity index (χ1v) is 11.7. The van der Waals surface area contributed by atoms with Gasteiger partial charge in [-0.3, -0.25) is 4.79 Å². The molecule has 2 aromatic carbocycles. The summed E-state index contributed by atoms with van der Waals surface area (Å²) in [6.07, 6.45) is 0.603. The summed E-state index contributed by atoms with van der Waals surface area (Å²) >= 11 is 4.80. The van der Waals surface area contributed by atoms with Gasteiger partial charge in [-0.05, 0) is 56.2 Å². The highest BCUT2D eigenvalue weighted by molar-refractivity contribution is 9.10. The van der Waals surface area contributed by atoms with Gasteiger partial charge in [0.25, 0.3) is 0 Å². The molecule has 1 heterocycles. The first-order chi connectivity index (χ1) is 14.5. The van der Waals surface area contributed by atoms with Crippen LogP contribution in [0.5, 0.6) is 5.75 Å². The molecule has 0 aliphatic heterocycles. The second-order valence-corrected chi connectivity index (χ2v) is 8.50. The Bertz CT molecular complexity index is 991. The van der Waals surface area contributed by atoms with E-state index in [0.29, 0.717) is 11.7 Å². The van der Waals surface area contributed by atoms with Gasteiger partial charge in [-0.1, -0.05) is 52.8 Å². The summed E-state index contributed by atoms with van der Waals surface area (Å²) in [5.74, 6) is 1.70. The van der Waals surface area contributed by atoms with E-state index < -0.39 is 0 Å². The highest BCUT2D eigenvalue weighted by atomic mass is 79.9. The molecule has 0 spiro atoms. The number of carbonyl (C=O) groups is 1. The van der Waals surface area contributed by atoms with Crippen molar-refractivity contribution in [3.8, 4) is 5.75 Å². The van der Waals surface area contributed by atoms with E-state index in [9.17, 15) is 4.79 Å². The Morgan fingerprint density at radius 3 is 2.60 bits per heavy atom. The maximum absolute atomic E-state index is 12.4. The SMILES string of the molecule is CCc1ccccc1NC(=O)CSc1nnc(C(C)Oc2ccc(Br)cc2)n1CC. The van der Waals surface area contributed by atoms with Crippen molar-refractivity contribution in [1.82, 2.24) is 14.8 Å². The molecule has 3 rings (SSSR count). The van der Waals surface area contributed by atoms with Crippen LogP contribution in [0, 0.1) is 0 Å². The van der Waals surface area contributed by atoms with Gasteiger partial charge in [-0.25, -0.2) is 0 Å². The van der Waals surface area contributed by atoms with Crippen LogP contribution in [0.2, 0.25) is 0 Å². The Labute approximate surface area is 189 Å². The lowest BCUT2D eigenvalue weighted by atomic mass is 10.1. The molecule has 0 bridgehead atoms. The molecule has 8 heteroatoms. The van der Waals surface area contributed by atoms with Crippen LogP contribution in [0.3, 0.4) is 0 Å². The summed E-state index contributed by atoms with van der Waals surface area (Å²) in [4.78, 5) is 12.4. The third kappa shape index (κ3) is 5.64. The number of halogens is 1. The molecule has 0 saturated heterocycles. The second kappa shape index (κ2) is 10.6. The maximum Gasteiger partial charge on any atom is 0.234 e. The number of aryl methyl sites for hydroxylation is 1. The Morgan fingerprint density at radius 1 is 1.17 bits per heavy atom. The zero-order valence-electron chi connectivity index (χ0n) is 17.3. The molecule has 0 fully saturated rings. The largest absolute Gasteiger partial charge is 0.483 e. The topological polar surface area (TPSA) is 69.0 Å². The highest BCUT2D eigenvalue weighted by Crippen LogP contribution is 2.26. The molecule has 158 valence electrons. The lowest BCUT2D eigenvalue weighted by Crippen LogP contribution is -2.16. The van der Waals surface area contributed by atoms with E-state index in [1.54, 1.807) is 0 Å². The Kier molecular flexibility index (Phi) is 7.93. The lowest BCUT2D eigenvalue weighted by molar-refractivity contribution is -0.113. The fourth-order valence-corrected chi connectivity index (χ4v) is 4.12. The molecule has 1 atom stereocenters. The van der Waals surface area contributed by atoms with Gasteiger partial charge < -0.3 is 14.6 Å². The van der Waals surface area contributed by atoms with Gasteiger partial charge in [-0.2, -0.15) is 0 Å². The lowest BCUT2D eigenvalue weighted by Gasteiger charge is -2.15. The number of rotatable bonds is 9. The molecule has 1 N–H and O–H groups in total. The van der Waals surface area contributed by atoms with Crippen molar-refractivity contribution in [2.45, 2.75) is 45.0 Å². The van der Waals surface area contributed by atoms with Crippen molar-refractivity contribution in [1.29, 1.82) is 0 Å². The number of ether oxygens (including phenoxy) is 1. The Balaban J connectivity index is 1.63. The third-order valence-electron chi connectivity index (χ3n) is 4.56. The Morgan fingerprint density at radius 2 is 1.90 bits per heavy atom. The van der Waals surface area contributed by atoms with E-state index in [1.165, 1.54) is 11.8 Å². The fraction of sp³-hybridized carbons (Fsp3) is 0.318. The van der Waals surface area contributed by atoms with Crippen LogP contribution < -0.4 is 10.1 Å². The number of para-hydroxylation sites is 1. The van der Waals surface area contributed by atoms with Crippen molar-refractivity contribution in [2.24, 2.45) is 0 Å². The van der Waals surface area contributed by atoms with E-state index in [-0.39, 0.29) is 17.8 Å². The van der Waals surface area contributed by atoms with Crippen LogP contribution in [0.25, 0.3) is 0 Å². The number of anilines is 1. The highest BCUT2D eigenvalue weighted by Gasteiger charge is 2.19. The first kappa shape index (κ1) is 22.4. The van der Waals surface area contributed by atoms with E-state index in [4.69, 9.17) is 4.74 Å². The van der Waals surface area contributed by atoms with Gasteiger partial charge in [0.15, 0.2) is 17.1 Å². The van der Waals surface area contributed by atoms with E-state index in [1.807, 2.05) is 66.9 Å². The monoisotopic (exact) mass is 488 g/mol. The molecule has 3 aromatic rings. The average molecular weight is 489 g/mol. The minimum atomic E-state index is -0.266. The molecule has 30 heavy (non-hydrogen) atoms. The zero-order chi connectivity index (χ0) is 21.5. The quantitative estimate of drug-likeness (QED) is 0.403. The van der Waals surface area contributed by atoms with Crippen LogP contribution in [0.15, 0.2) is 58.2 Å². The minimum Gasteiger partial charge on any atom is -0.483 e.